The molecule has 0 saturated heterocycles. The van der Waals surface area contributed by atoms with Crippen molar-refractivity contribution in [2.24, 2.45) is 0 Å². The van der Waals surface area contributed by atoms with E-state index in [4.69, 9.17) is 13.8 Å². The van der Waals surface area contributed by atoms with Crippen molar-refractivity contribution in [3.63, 3.8) is 0 Å². The summed E-state index contributed by atoms with van der Waals surface area (Å²) in [5, 5.41) is 0. The van der Waals surface area contributed by atoms with Crippen molar-refractivity contribution < 1.29 is 8.56 Å². The molecule has 1 aromatic heterocycles. The van der Waals surface area contributed by atoms with Crippen LogP contribution in [0.2, 0.25) is 0 Å². The van der Waals surface area contributed by atoms with Crippen LogP contribution >= 0.6 is 10.0 Å². The van der Waals surface area contributed by atoms with Gasteiger partial charge in [0.15, 0.2) is 0 Å². The Bertz CT molecular complexity index is 742. The van der Waals surface area contributed by atoms with E-state index in [2.05, 4.69) is 4.98 Å². The number of hydrogen-bond donors (Lipinski definition) is 0. The first-order valence-corrected chi connectivity index (χ1v) is 12.8. The predicted molar refractivity (Wildman–Crippen MR) is 93.4 cm³/mol. The SMILES string of the molecule is O=C([O][Ge]([Cl])([c]1ccccc1)[c]1ccccc1)c1ccncc1. The normalized spacial score (nSPS) is 11.0. The van der Waals surface area contributed by atoms with Gasteiger partial charge in [0.05, 0.1) is 0 Å². The molecule has 2 aromatic carbocycles. The Labute approximate surface area is 141 Å². The van der Waals surface area contributed by atoms with Crippen LogP contribution in [0.5, 0.6) is 0 Å². The monoisotopic (exact) mass is 385 g/mol. The Hall–Kier alpha value is -2.11. The number of benzene rings is 2. The summed E-state index contributed by atoms with van der Waals surface area (Å²) in [6.45, 7) is 0. The van der Waals surface area contributed by atoms with Crippen LogP contribution in [0.15, 0.2) is 85.2 Å². The molecule has 0 amide bonds. The Morgan fingerprint density at radius 1 is 0.826 bits per heavy atom. The molecule has 114 valence electrons. The molecule has 3 nitrogen and oxygen atoms in total. The molecule has 0 N–H and O–H groups in total. The standard InChI is InChI=1S/C18H14ClGeNO2/c19-20(16-7-3-1-4-8-16,17-9-5-2-6-10-17)23-18(22)15-11-13-21-14-12-15/h1-14H. The molecule has 0 aliphatic rings. The van der Waals surface area contributed by atoms with Crippen molar-refractivity contribution in [2.45, 2.75) is 0 Å². The third kappa shape index (κ3) is 3.46. The molecule has 23 heavy (non-hydrogen) atoms. The zero-order valence-electron chi connectivity index (χ0n) is 12.2. The molecule has 0 aliphatic carbocycles. The van der Waals surface area contributed by atoms with Gasteiger partial charge in [0.25, 0.3) is 0 Å². The van der Waals surface area contributed by atoms with E-state index in [9.17, 15) is 4.79 Å². The molecular weight excluding hydrogens is 370 g/mol. The molecule has 0 fully saturated rings. The second kappa shape index (κ2) is 6.98. The van der Waals surface area contributed by atoms with Crippen LogP contribution in [0.1, 0.15) is 10.4 Å². The van der Waals surface area contributed by atoms with Crippen LogP contribution in [0.3, 0.4) is 0 Å². The third-order valence-corrected chi connectivity index (χ3v) is 11.6. The predicted octanol–water partition coefficient (Wildman–Crippen LogP) is 2.73. The van der Waals surface area contributed by atoms with Gasteiger partial charge >= 0.3 is 142 Å². The maximum absolute atomic E-state index is 12.5. The fourth-order valence-electron chi connectivity index (χ4n) is 2.26. The molecule has 0 aliphatic heterocycles. The summed E-state index contributed by atoms with van der Waals surface area (Å²) in [6, 6.07) is 22.4. The quantitative estimate of drug-likeness (QED) is 0.650. The Kier molecular flexibility index (Phi) is 4.79. The second-order valence-corrected chi connectivity index (χ2v) is 13.1. The summed E-state index contributed by atoms with van der Waals surface area (Å²) < 4.78 is 7.64. The van der Waals surface area contributed by atoms with Gasteiger partial charge in [-0.15, -0.1) is 0 Å². The first-order chi connectivity index (χ1) is 11.2. The molecule has 0 atom stereocenters. The van der Waals surface area contributed by atoms with Gasteiger partial charge in [0.2, 0.25) is 0 Å². The third-order valence-electron chi connectivity index (χ3n) is 3.44. The molecule has 5 heteroatoms. The number of carbonyl (C=O) groups excluding carboxylic acids is 1. The number of rotatable bonds is 4. The molecule has 0 spiro atoms. The van der Waals surface area contributed by atoms with E-state index < -0.39 is 18.6 Å². The van der Waals surface area contributed by atoms with E-state index in [-0.39, 0.29) is 0 Å². The maximum atomic E-state index is 12.5. The van der Waals surface area contributed by atoms with Crippen LogP contribution in [0, 0.1) is 0 Å². The van der Waals surface area contributed by atoms with Crippen molar-refractivity contribution in [3.8, 4) is 0 Å². The Morgan fingerprint density at radius 3 is 1.78 bits per heavy atom. The zero-order chi connectivity index (χ0) is 16.1. The van der Waals surface area contributed by atoms with Crippen molar-refractivity contribution in [1.29, 1.82) is 0 Å². The van der Waals surface area contributed by atoms with Gasteiger partial charge in [-0.05, 0) is 0 Å². The summed E-state index contributed by atoms with van der Waals surface area (Å²) in [7, 11) is 6.96. The minimum absolute atomic E-state index is 0.421. The van der Waals surface area contributed by atoms with Crippen molar-refractivity contribution in [1.82, 2.24) is 4.98 Å². The van der Waals surface area contributed by atoms with Gasteiger partial charge in [-0.3, -0.25) is 0 Å². The van der Waals surface area contributed by atoms with Crippen LogP contribution in [0.4, 0.5) is 0 Å². The Morgan fingerprint density at radius 2 is 1.30 bits per heavy atom. The Balaban J connectivity index is 2.01. The minimum atomic E-state index is -3.76. The summed E-state index contributed by atoms with van der Waals surface area (Å²) >= 11 is -3.76. The summed E-state index contributed by atoms with van der Waals surface area (Å²) in [5.74, 6) is -0.421. The van der Waals surface area contributed by atoms with Gasteiger partial charge in [-0.1, -0.05) is 0 Å². The van der Waals surface area contributed by atoms with E-state index in [1.807, 2.05) is 60.7 Å². The molecule has 0 unspecified atom stereocenters. The number of aromatic nitrogens is 1. The number of nitrogens with zero attached hydrogens (tertiary/aromatic N) is 1. The molecule has 1 heterocycles. The van der Waals surface area contributed by atoms with E-state index in [0.29, 0.717) is 5.56 Å². The van der Waals surface area contributed by atoms with Crippen LogP contribution in [0.25, 0.3) is 0 Å². The molecule has 0 radical (unpaired) electrons. The van der Waals surface area contributed by atoms with Gasteiger partial charge in [-0.2, -0.15) is 0 Å². The van der Waals surface area contributed by atoms with Crippen molar-refractivity contribution in [2.75, 3.05) is 0 Å². The van der Waals surface area contributed by atoms with E-state index >= 15 is 0 Å². The summed E-state index contributed by atoms with van der Waals surface area (Å²) in [5.41, 5.74) is 0.447. The fraction of sp³-hybridized carbons (Fsp3) is 0. The molecule has 0 saturated carbocycles. The second-order valence-electron chi connectivity index (χ2n) is 4.95. The number of carbonyl (C=O) groups is 1. The van der Waals surface area contributed by atoms with Crippen molar-refractivity contribution >= 4 is 37.4 Å². The van der Waals surface area contributed by atoms with Gasteiger partial charge in [0, 0.05) is 0 Å². The van der Waals surface area contributed by atoms with E-state index in [1.165, 1.54) is 0 Å². The van der Waals surface area contributed by atoms with Crippen LogP contribution < -0.4 is 8.79 Å². The average Bonchev–Trinajstić information content (AvgIpc) is 2.64. The number of halogens is 1. The average molecular weight is 384 g/mol. The fourth-order valence-corrected chi connectivity index (χ4v) is 8.52. The summed E-state index contributed by atoms with van der Waals surface area (Å²) in [6.07, 6.45) is 3.12. The van der Waals surface area contributed by atoms with Crippen molar-refractivity contribution in [3.05, 3.63) is 90.8 Å². The first-order valence-electron chi connectivity index (χ1n) is 7.13. The molecular formula is C18H14ClGeNO2. The summed E-state index contributed by atoms with van der Waals surface area (Å²) in [4.78, 5) is 16.4. The van der Waals surface area contributed by atoms with Crippen LogP contribution in [-0.2, 0) is 3.76 Å². The number of hydrogen-bond acceptors (Lipinski definition) is 3. The van der Waals surface area contributed by atoms with Gasteiger partial charge in [0.1, 0.15) is 0 Å². The molecule has 3 rings (SSSR count). The topological polar surface area (TPSA) is 39.2 Å². The molecule has 3 aromatic rings. The zero-order valence-corrected chi connectivity index (χ0v) is 15.1. The van der Waals surface area contributed by atoms with Crippen LogP contribution in [-0.4, -0.2) is 23.6 Å². The van der Waals surface area contributed by atoms with Gasteiger partial charge in [-0.25, -0.2) is 0 Å². The van der Waals surface area contributed by atoms with E-state index in [0.717, 1.165) is 8.79 Å². The van der Waals surface area contributed by atoms with Gasteiger partial charge < -0.3 is 0 Å². The number of pyridine rings is 1. The van der Waals surface area contributed by atoms with E-state index in [1.54, 1.807) is 24.5 Å². The first kappa shape index (κ1) is 15.8. The molecule has 0 bridgehead atoms.